The molecule has 2 aromatic rings. The number of anilines is 2. The predicted molar refractivity (Wildman–Crippen MR) is 127 cm³/mol. The number of carbonyl (C=O) groups is 3. The highest BCUT2D eigenvalue weighted by atomic mass is 16.5. The quantitative estimate of drug-likeness (QED) is 0.728. The Morgan fingerprint density at radius 3 is 2.58 bits per heavy atom. The maximum absolute atomic E-state index is 13.4. The Balaban J connectivity index is 1.59. The molecule has 3 amide bonds. The van der Waals surface area contributed by atoms with Crippen LogP contribution in [0.25, 0.3) is 0 Å². The fraction of sp³-hybridized carbons (Fsp3) is 0.423. The van der Waals surface area contributed by atoms with E-state index in [2.05, 4.69) is 5.32 Å². The normalized spacial score (nSPS) is 17.8. The van der Waals surface area contributed by atoms with Crippen LogP contribution in [-0.2, 0) is 27.3 Å². The van der Waals surface area contributed by atoms with E-state index in [1.165, 1.54) is 0 Å². The van der Waals surface area contributed by atoms with Crippen molar-refractivity contribution in [3.8, 4) is 5.75 Å². The molecule has 2 aliphatic rings. The van der Waals surface area contributed by atoms with Crippen LogP contribution in [0.2, 0.25) is 0 Å². The summed E-state index contributed by atoms with van der Waals surface area (Å²) in [6, 6.07) is 12.7. The summed E-state index contributed by atoms with van der Waals surface area (Å²) in [6.07, 6.45) is 2.18. The lowest BCUT2D eigenvalue weighted by molar-refractivity contribution is -0.140. The molecule has 0 saturated carbocycles. The van der Waals surface area contributed by atoms with Gasteiger partial charge in [0, 0.05) is 38.0 Å². The van der Waals surface area contributed by atoms with Gasteiger partial charge in [0.25, 0.3) is 0 Å². The third kappa shape index (κ3) is 4.87. The number of hydrogen-bond donors (Lipinski definition) is 1. The molecule has 7 nitrogen and oxygen atoms in total. The zero-order valence-corrected chi connectivity index (χ0v) is 19.5. The Bertz CT molecular complexity index is 1070. The van der Waals surface area contributed by atoms with Crippen molar-refractivity contribution < 1.29 is 19.1 Å². The highest BCUT2D eigenvalue weighted by Gasteiger charge is 2.35. The summed E-state index contributed by atoms with van der Waals surface area (Å²) in [5.41, 5.74) is 3.40. The maximum Gasteiger partial charge on any atom is 0.247 e. The molecule has 1 N–H and O–H groups in total. The van der Waals surface area contributed by atoms with E-state index in [0.717, 1.165) is 17.5 Å². The highest BCUT2D eigenvalue weighted by molar-refractivity contribution is 6.00. The number of rotatable bonds is 6. The number of fused-ring (bicyclic) bond motifs is 1. The molecule has 1 fully saturated rings. The van der Waals surface area contributed by atoms with Crippen molar-refractivity contribution in [1.29, 1.82) is 0 Å². The Morgan fingerprint density at radius 2 is 1.91 bits per heavy atom. The fourth-order valence-electron chi connectivity index (χ4n) is 4.59. The van der Waals surface area contributed by atoms with E-state index >= 15 is 0 Å². The van der Waals surface area contributed by atoms with Gasteiger partial charge in [-0.05, 0) is 41.7 Å². The highest BCUT2D eigenvalue weighted by Crippen LogP contribution is 2.34. The first-order valence-corrected chi connectivity index (χ1v) is 11.5. The zero-order valence-electron chi connectivity index (χ0n) is 19.5. The van der Waals surface area contributed by atoms with Crippen molar-refractivity contribution in [1.82, 2.24) is 4.90 Å². The molecule has 1 unspecified atom stereocenters. The number of ether oxygens (including phenoxy) is 1. The first-order valence-electron chi connectivity index (χ1n) is 11.5. The molecule has 174 valence electrons. The summed E-state index contributed by atoms with van der Waals surface area (Å²) < 4.78 is 5.45. The van der Waals surface area contributed by atoms with Crippen molar-refractivity contribution in [2.75, 3.05) is 23.9 Å². The van der Waals surface area contributed by atoms with Gasteiger partial charge in [-0.15, -0.1) is 0 Å². The molecule has 1 atom stereocenters. The fourth-order valence-corrected chi connectivity index (χ4v) is 4.59. The third-order valence-electron chi connectivity index (χ3n) is 6.27. The number of hydrogen-bond acceptors (Lipinski definition) is 4. The molecule has 33 heavy (non-hydrogen) atoms. The van der Waals surface area contributed by atoms with E-state index in [0.29, 0.717) is 49.5 Å². The minimum absolute atomic E-state index is 0.0160. The summed E-state index contributed by atoms with van der Waals surface area (Å²) in [7, 11) is 1.56. The number of carbonyl (C=O) groups excluding carboxylic acids is 3. The van der Waals surface area contributed by atoms with E-state index in [4.69, 9.17) is 4.74 Å². The molecular formula is C26H31N3O4. The van der Waals surface area contributed by atoms with Gasteiger partial charge in [-0.3, -0.25) is 14.4 Å². The Kier molecular flexibility index (Phi) is 6.67. The van der Waals surface area contributed by atoms with Crippen molar-refractivity contribution >= 4 is 29.1 Å². The molecule has 1 saturated heterocycles. The van der Waals surface area contributed by atoms with Crippen molar-refractivity contribution in [2.45, 2.75) is 52.1 Å². The summed E-state index contributed by atoms with van der Waals surface area (Å²) in [5.74, 6) is 0.596. The molecule has 0 spiro atoms. The van der Waals surface area contributed by atoms with Gasteiger partial charge in [0.15, 0.2) is 0 Å². The lowest BCUT2D eigenvalue weighted by Crippen LogP contribution is -2.50. The second kappa shape index (κ2) is 9.65. The first-order chi connectivity index (χ1) is 15.9. The zero-order chi connectivity index (χ0) is 23.5. The monoisotopic (exact) mass is 449 g/mol. The molecular weight excluding hydrogens is 418 g/mol. The molecule has 0 aromatic heterocycles. The Morgan fingerprint density at radius 1 is 1.15 bits per heavy atom. The van der Waals surface area contributed by atoms with Crippen LogP contribution in [0.5, 0.6) is 5.75 Å². The molecule has 4 rings (SSSR count). The minimum atomic E-state index is -0.592. The average Bonchev–Trinajstić information content (AvgIpc) is 3.23. The van der Waals surface area contributed by atoms with Gasteiger partial charge < -0.3 is 19.9 Å². The van der Waals surface area contributed by atoms with Gasteiger partial charge in [0.1, 0.15) is 11.8 Å². The number of amides is 3. The lowest BCUT2D eigenvalue weighted by atomic mass is 9.92. The van der Waals surface area contributed by atoms with Gasteiger partial charge in [-0.2, -0.15) is 0 Å². The van der Waals surface area contributed by atoms with Crippen LogP contribution < -0.4 is 15.0 Å². The molecule has 0 radical (unpaired) electrons. The molecule has 2 aromatic carbocycles. The number of methoxy groups -OCH3 is 1. The van der Waals surface area contributed by atoms with Gasteiger partial charge in [0.2, 0.25) is 17.7 Å². The standard InChI is InChI=1S/C26H31N3O4/c1-17(2)13-25(31)29-16-19-8-5-4-7-18(19)14-22(29)26(32)27-20-10-11-23(33-3)21(15-20)28-12-6-9-24(28)30/h4-5,7-8,10-11,15,17,22H,6,9,12-14,16H2,1-3H3,(H,27,32). The van der Waals surface area contributed by atoms with Crippen LogP contribution in [0, 0.1) is 5.92 Å². The van der Waals surface area contributed by atoms with Crippen molar-refractivity contribution in [2.24, 2.45) is 5.92 Å². The van der Waals surface area contributed by atoms with E-state index < -0.39 is 6.04 Å². The topological polar surface area (TPSA) is 79.0 Å². The summed E-state index contributed by atoms with van der Waals surface area (Å²) in [5, 5.41) is 2.98. The van der Waals surface area contributed by atoms with Crippen LogP contribution in [0.1, 0.15) is 44.2 Å². The lowest BCUT2D eigenvalue weighted by Gasteiger charge is -2.36. The summed E-state index contributed by atoms with van der Waals surface area (Å²) in [4.78, 5) is 42.1. The second-order valence-corrected chi connectivity index (χ2v) is 9.13. The molecule has 7 heteroatoms. The van der Waals surface area contributed by atoms with Crippen LogP contribution >= 0.6 is 0 Å². The number of nitrogens with zero attached hydrogens (tertiary/aromatic N) is 2. The van der Waals surface area contributed by atoms with Crippen LogP contribution in [0.4, 0.5) is 11.4 Å². The Hall–Kier alpha value is -3.35. The average molecular weight is 450 g/mol. The van der Waals surface area contributed by atoms with Gasteiger partial charge in [-0.1, -0.05) is 38.1 Å². The van der Waals surface area contributed by atoms with Crippen molar-refractivity contribution in [3.63, 3.8) is 0 Å². The SMILES string of the molecule is COc1ccc(NC(=O)C2Cc3ccccc3CN2C(=O)CC(C)C)cc1N1CCCC1=O. The van der Waals surface area contributed by atoms with E-state index in [-0.39, 0.29) is 23.6 Å². The van der Waals surface area contributed by atoms with Crippen molar-refractivity contribution in [3.05, 3.63) is 53.6 Å². The van der Waals surface area contributed by atoms with Gasteiger partial charge in [-0.25, -0.2) is 0 Å². The molecule has 0 aliphatic carbocycles. The van der Waals surface area contributed by atoms with E-state index in [9.17, 15) is 14.4 Å². The largest absolute Gasteiger partial charge is 0.495 e. The number of nitrogens with one attached hydrogen (secondary N) is 1. The van der Waals surface area contributed by atoms with E-state index in [1.807, 2.05) is 38.1 Å². The molecule has 2 heterocycles. The minimum Gasteiger partial charge on any atom is -0.495 e. The van der Waals surface area contributed by atoms with E-state index in [1.54, 1.807) is 35.1 Å². The molecule has 2 aliphatic heterocycles. The van der Waals surface area contributed by atoms with Gasteiger partial charge >= 0.3 is 0 Å². The maximum atomic E-state index is 13.4. The van der Waals surface area contributed by atoms with Crippen LogP contribution in [0.3, 0.4) is 0 Å². The van der Waals surface area contributed by atoms with Crippen LogP contribution in [-0.4, -0.2) is 42.3 Å². The summed E-state index contributed by atoms with van der Waals surface area (Å²) >= 11 is 0. The predicted octanol–water partition coefficient (Wildman–Crippen LogP) is 3.76. The smallest absolute Gasteiger partial charge is 0.247 e. The summed E-state index contributed by atoms with van der Waals surface area (Å²) in [6.45, 7) is 5.06. The molecule has 0 bridgehead atoms. The van der Waals surface area contributed by atoms with Gasteiger partial charge in [0.05, 0.1) is 12.8 Å². The second-order valence-electron chi connectivity index (χ2n) is 9.13. The Labute approximate surface area is 194 Å². The first kappa shape index (κ1) is 22.8. The third-order valence-corrected chi connectivity index (χ3v) is 6.27. The number of benzene rings is 2. The van der Waals surface area contributed by atoms with Crippen LogP contribution in [0.15, 0.2) is 42.5 Å².